The maximum absolute atomic E-state index is 7.42. The van der Waals surface area contributed by atoms with Crippen molar-refractivity contribution in [3.05, 3.63) is 218 Å². The molecule has 0 N–H and O–H groups in total. The molecule has 0 atom stereocenters. The van der Waals surface area contributed by atoms with E-state index in [0.29, 0.717) is 23.2 Å². The minimum Gasteiger partial charge on any atom is -0.238 e. The lowest BCUT2D eigenvalue weighted by Gasteiger charge is -2.18. The minimum atomic E-state index is 0.628. The van der Waals surface area contributed by atoms with Gasteiger partial charge < -0.3 is 0 Å². The van der Waals surface area contributed by atoms with Crippen LogP contribution >= 0.6 is 0 Å². The molecule has 10 aromatic carbocycles. The summed E-state index contributed by atoms with van der Waals surface area (Å²) in [6, 6.07) is 72.2. The second-order valence-electron chi connectivity index (χ2n) is 15.0. The molecule has 0 spiro atoms. The molecule has 11 rings (SSSR count). The average Bonchev–Trinajstić information content (AvgIpc) is 3.33. The largest absolute Gasteiger partial charge is 0.238 e. The smallest absolute Gasteiger partial charge is 0.187 e. The normalized spacial score (nSPS) is 11.3. The molecule has 0 aliphatic rings. The first kappa shape index (κ1) is 34.9. The summed E-state index contributed by atoms with van der Waals surface area (Å²) in [5, 5.41) is 9.56. The predicted octanol–water partition coefficient (Wildman–Crippen LogP) is 15.0. The molecule has 0 fully saturated rings. The number of aromatic nitrogens is 3. The fourth-order valence-electron chi connectivity index (χ4n) is 8.68. The van der Waals surface area contributed by atoms with E-state index in [4.69, 9.17) is 21.5 Å². The number of rotatable bonds is 6. The Morgan fingerprint density at radius 1 is 0.267 bits per heavy atom. The highest BCUT2D eigenvalue weighted by atomic mass is 15.0. The van der Waals surface area contributed by atoms with E-state index >= 15 is 0 Å². The van der Waals surface area contributed by atoms with E-state index in [0.717, 1.165) is 38.9 Å². The number of nitrogens with zero attached hydrogens (tertiary/aromatic N) is 4. The number of hydrogen-bond acceptors (Lipinski definition) is 3. The van der Waals surface area contributed by atoms with Crippen molar-refractivity contribution in [1.82, 2.24) is 15.0 Å². The third-order valence-electron chi connectivity index (χ3n) is 11.5. The Hall–Kier alpha value is -8.26. The maximum atomic E-state index is 7.42. The molecule has 0 radical (unpaired) electrons. The molecule has 0 amide bonds. The highest BCUT2D eigenvalue weighted by molar-refractivity contribution is 6.25. The summed E-state index contributed by atoms with van der Waals surface area (Å²) >= 11 is 0. The molecule has 0 bridgehead atoms. The standard InChI is InChI=1S/C56H34N4/c1-57-41-29-27-36(28-30-41)42-31-32-49(44-22-9-8-21-43(42)44)51-35-53-46-24-11-10-23-45(46)50(34-52(53)48-26-13-12-25-47(48)51)39-19-14-20-40(33-39)56-59-54(37-15-4-2-5-16-37)58-55(60-56)38-17-6-3-7-18-38/h2-35H. The highest BCUT2D eigenvalue weighted by Gasteiger charge is 2.18. The fraction of sp³-hybridized carbons (Fsp3) is 0. The van der Waals surface area contributed by atoms with Crippen molar-refractivity contribution >= 4 is 48.8 Å². The molecule has 4 heteroatoms. The summed E-state index contributed by atoms with van der Waals surface area (Å²) in [5.41, 5.74) is 10.3. The monoisotopic (exact) mass is 762 g/mol. The summed E-state index contributed by atoms with van der Waals surface area (Å²) in [6.07, 6.45) is 0. The van der Waals surface area contributed by atoms with E-state index in [1.54, 1.807) is 0 Å². The van der Waals surface area contributed by atoms with Crippen LogP contribution in [0.15, 0.2) is 206 Å². The molecular formula is C56H34N4. The van der Waals surface area contributed by atoms with Crippen LogP contribution in [0.2, 0.25) is 0 Å². The third-order valence-corrected chi connectivity index (χ3v) is 11.5. The highest BCUT2D eigenvalue weighted by Crippen LogP contribution is 2.45. The molecule has 1 heterocycles. The molecule has 278 valence electrons. The van der Waals surface area contributed by atoms with E-state index in [9.17, 15) is 0 Å². The second kappa shape index (κ2) is 14.6. The Bertz CT molecular complexity index is 3420. The molecule has 60 heavy (non-hydrogen) atoms. The van der Waals surface area contributed by atoms with Gasteiger partial charge >= 0.3 is 0 Å². The van der Waals surface area contributed by atoms with Gasteiger partial charge in [0.15, 0.2) is 23.2 Å². The zero-order valence-corrected chi connectivity index (χ0v) is 32.4. The maximum Gasteiger partial charge on any atom is 0.187 e. The van der Waals surface area contributed by atoms with Gasteiger partial charge in [0.2, 0.25) is 0 Å². The zero-order valence-electron chi connectivity index (χ0n) is 32.4. The first-order valence-electron chi connectivity index (χ1n) is 20.1. The number of fused-ring (bicyclic) bond motifs is 6. The van der Waals surface area contributed by atoms with Crippen LogP contribution in [0.25, 0.3) is 115 Å². The lowest BCUT2D eigenvalue weighted by Crippen LogP contribution is -2.00. The minimum absolute atomic E-state index is 0.628. The van der Waals surface area contributed by atoms with E-state index in [1.807, 2.05) is 84.9 Å². The first-order chi connectivity index (χ1) is 29.7. The van der Waals surface area contributed by atoms with Crippen LogP contribution in [-0.4, -0.2) is 15.0 Å². The Kier molecular flexibility index (Phi) is 8.50. The molecule has 4 nitrogen and oxygen atoms in total. The molecule has 0 saturated heterocycles. The van der Waals surface area contributed by atoms with Crippen LogP contribution < -0.4 is 0 Å². The van der Waals surface area contributed by atoms with Crippen LogP contribution in [0.3, 0.4) is 0 Å². The lowest BCUT2D eigenvalue weighted by molar-refractivity contribution is 1.07. The van der Waals surface area contributed by atoms with E-state index in [-0.39, 0.29) is 0 Å². The van der Waals surface area contributed by atoms with Crippen molar-refractivity contribution in [3.63, 3.8) is 0 Å². The van der Waals surface area contributed by atoms with Gasteiger partial charge in [-0.05, 0) is 94.7 Å². The van der Waals surface area contributed by atoms with Gasteiger partial charge in [0, 0.05) is 16.7 Å². The number of benzene rings is 10. The second-order valence-corrected chi connectivity index (χ2v) is 15.0. The Morgan fingerprint density at radius 3 is 1.25 bits per heavy atom. The van der Waals surface area contributed by atoms with Gasteiger partial charge in [-0.15, -0.1) is 0 Å². The van der Waals surface area contributed by atoms with Gasteiger partial charge in [0.05, 0.1) is 6.57 Å². The average molecular weight is 763 g/mol. The molecule has 1 aromatic heterocycles. The Labute approximate surface area is 347 Å². The quantitative estimate of drug-likeness (QED) is 0.125. The van der Waals surface area contributed by atoms with Crippen molar-refractivity contribution in [2.24, 2.45) is 0 Å². The van der Waals surface area contributed by atoms with Crippen LogP contribution in [0.4, 0.5) is 5.69 Å². The van der Waals surface area contributed by atoms with E-state index in [2.05, 4.69) is 126 Å². The fourth-order valence-corrected chi connectivity index (χ4v) is 8.68. The first-order valence-corrected chi connectivity index (χ1v) is 20.1. The SMILES string of the molecule is [C-]#[N+]c1ccc(-c2ccc(-c3cc4c5ccccc5c(-c5cccc(-c6nc(-c7ccccc7)nc(-c7ccccc7)n6)c5)cc4c4ccccc34)c3ccccc23)cc1. The summed E-state index contributed by atoms with van der Waals surface area (Å²) in [5.74, 6) is 1.91. The predicted molar refractivity (Wildman–Crippen MR) is 249 cm³/mol. The summed E-state index contributed by atoms with van der Waals surface area (Å²) in [6.45, 7) is 7.42. The van der Waals surface area contributed by atoms with Crippen LogP contribution in [0, 0.1) is 6.57 Å². The van der Waals surface area contributed by atoms with Gasteiger partial charge in [-0.3, -0.25) is 0 Å². The molecule has 11 aromatic rings. The van der Waals surface area contributed by atoms with E-state index < -0.39 is 0 Å². The van der Waals surface area contributed by atoms with Crippen LogP contribution in [0.5, 0.6) is 0 Å². The van der Waals surface area contributed by atoms with E-state index in [1.165, 1.54) is 54.2 Å². The summed E-state index contributed by atoms with van der Waals surface area (Å²) in [4.78, 5) is 18.6. The Morgan fingerprint density at radius 2 is 0.683 bits per heavy atom. The molecule has 0 unspecified atom stereocenters. The third kappa shape index (κ3) is 6.05. The van der Waals surface area contributed by atoms with Gasteiger partial charge in [-0.2, -0.15) is 0 Å². The van der Waals surface area contributed by atoms with Crippen molar-refractivity contribution in [1.29, 1.82) is 0 Å². The Balaban J connectivity index is 1.10. The topological polar surface area (TPSA) is 43.0 Å². The summed E-state index contributed by atoms with van der Waals surface area (Å²) in [7, 11) is 0. The molecule has 0 aliphatic heterocycles. The molecule has 0 aliphatic carbocycles. The summed E-state index contributed by atoms with van der Waals surface area (Å²) < 4.78 is 0. The van der Waals surface area contributed by atoms with Gasteiger partial charge in [-0.1, -0.05) is 188 Å². The lowest BCUT2D eigenvalue weighted by atomic mass is 9.85. The van der Waals surface area contributed by atoms with Gasteiger partial charge in [0.1, 0.15) is 0 Å². The van der Waals surface area contributed by atoms with Gasteiger partial charge in [-0.25, -0.2) is 19.8 Å². The van der Waals surface area contributed by atoms with Crippen LogP contribution in [-0.2, 0) is 0 Å². The number of hydrogen-bond donors (Lipinski definition) is 0. The zero-order chi connectivity index (χ0) is 40.0. The van der Waals surface area contributed by atoms with Crippen molar-refractivity contribution < 1.29 is 0 Å². The molecule has 0 saturated carbocycles. The van der Waals surface area contributed by atoms with Crippen molar-refractivity contribution in [3.8, 4) is 67.5 Å². The van der Waals surface area contributed by atoms with Gasteiger partial charge in [0.25, 0.3) is 0 Å². The van der Waals surface area contributed by atoms with Crippen molar-refractivity contribution in [2.45, 2.75) is 0 Å². The van der Waals surface area contributed by atoms with Crippen molar-refractivity contribution in [2.75, 3.05) is 0 Å². The molecular weight excluding hydrogens is 729 g/mol. The van der Waals surface area contributed by atoms with Crippen LogP contribution in [0.1, 0.15) is 0 Å².